The Hall–Kier alpha value is -0.890. The number of halogens is 2. The van der Waals surface area contributed by atoms with Gasteiger partial charge in [-0.15, -0.1) is 0 Å². The van der Waals surface area contributed by atoms with E-state index in [0.29, 0.717) is 11.1 Å². The number of carbonyl (C=O) groups is 1. The van der Waals surface area contributed by atoms with Crippen LogP contribution in [-0.4, -0.2) is 5.24 Å². The first kappa shape index (κ1) is 8.21. The van der Waals surface area contributed by atoms with Crippen LogP contribution in [0.4, 0.5) is 4.39 Å². The van der Waals surface area contributed by atoms with Crippen LogP contribution in [0.3, 0.4) is 0 Å². The molecule has 58 valence electrons. The summed E-state index contributed by atoms with van der Waals surface area (Å²) in [5.41, 5.74) is 0.752. The molecule has 1 nitrogen and oxygen atoms in total. The summed E-state index contributed by atoms with van der Waals surface area (Å²) in [4.78, 5) is 10.6. The minimum Gasteiger partial charge on any atom is -0.276 e. The summed E-state index contributed by atoms with van der Waals surface area (Å²) in [6, 6.07) is 4.01. The van der Waals surface area contributed by atoms with Crippen LogP contribution in [0.2, 0.25) is 0 Å². The van der Waals surface area contributed by atoms with Crippen LogP contribution in [0.1, 0.15) is 15.9 Å². The molecule has 0 saturated heterocycles. The van der Waals surface area contributed by atoms with Crippen molar-refractivity contribution in [3.8, 4) is 0 Å². The summed E-state index contributed by atoms with van der Waals surface area (Å²) in [6.45, 7) is 1.58. The molecular weight excluding hydrogens is 166 g/mol. The van der Waals surface area contributed by atoms with Crippen LogP contribution in [0.15, 0.2) is 18.2 Å². The zero-order valence-corrected chi connectivity index (χ0v) is 6.65. The van der Waals surface area contributed by atoms with Gasteiger partial charge in [0.1, 0.15) is 5.82 Å². The number of carbonyl (C=O) groups excluding carboxylic acids is 1. The van der Waals surface area contributed by atoms with E-state index in [1.165, 1.54) is 18.2 Å². The van der Waals surface area contributed by atoms with Crippen LogP contribution < -0.4 is 0 Å². The van der Waals surface area contributed by atoms with Crippen LogP contribution >= 0.6 is 11.6 Å². The third-order valence-corrected chi connectivity index (χ3v) is 1.60. The van der Waals surface area contributed by atoms with Gasteiger partial charge in [-0.2, -0.15) is 0 Å². The zero-order chi connectivity index (χ0) is 8.43. The van der Waals surface area contributed by atoms with E-state index in [-0.39, 0.29) is 5.82 Å². The van der Waals surface area contributed by atoms with E-state index in [4.69, 9.17) is 11.6 Å². The lowest BCUT2D eigenvalue weighted by Gasteiger charge is -1.96. The summed E-state index contributed by atoms with van der Waals surface area (Å²) < 4.78 is 12.6. The lowest BCUT2D eigenvalue weighted by Crippen LogP contribution is -1.91. The number of rotatable bonds is 1. The molecule has 0 heterocycles. The van der Waals surface area contributed by atoms with Crippen molar-refractivity contribution >= 4 is 16.8 Å². The van der Waals surface area contributed by atoms with Gasteiger partial charge < -0.3 is 0 Å². The fourth-order valence-electron chi connectivity index (χ4n) is 0.767. The highest BCUT2D eigenvalue weighted by Gasteiger charge is 2.03. The molecule has 0 aromatic heterocycles. The molecule has 1 rings (SSSR count). The van der Waals surface area contributed by atoms with Gasteiger partial charge in [-0.05, 0) is 42.3 Å². The normalized spacial score (nSPS) is 9.73. The fraction of sp³-hybridized carbons (Fsp3) is 0.125. The predicted octanol–water partition coefficient (Wildman–Crippen LogP) is 2.51. The molecule has 0 amide bonds. The largest absolute Gasteiger partial charge is 0.276 e. The summed E-state index contributed by atoms with van der Waals surface area (Å²) in [6.07, 6.45) is 0. The van der Waals surface area contributed by atoms with E-state index in [1.807, 2.05) is 0 Å². The number of benzene rings is 1. The van der Waals surface area contributed by atoms with Crippen LogP contribution in [-0.2, 0) is 0 Å². The third-order valence-electron chi connectivity index (χ3n) is 1.38. The van der Waals surface area contributed by atoms with Crippen molar-refractivity contribution in [3.05, 3.63) is 35.1 Å². The predicted molar refractivity (Wildman–Crippen MR) is 41.3 cm³/mol. The Morgan fingerprint density at radius 3 is 2.64 bits per heavy atom. The highest BCUT2D eigenvalue weighted by atomic mass is 35.5. The zero-order valence-electron chi connectivity index (χ0n) is 5.90. The maximum absolute atomic E-state index is 12.6. The molecule has 0 aliphatic carbocycles. The second-order valence-corrected chi connectivity index (χ2v) is 2.58. The monoisotopic (exact) mass is 171 g/mol. The van der Waals surface area contributed by atoms with Crippen LogP contribution in [0.5, 0.6) is 0 Å². The van der Waals surface area contributed by atoms with Gasteiger partial charge in [0.15, 0.2) is 0 Å². The van der Waals surface area contributed by atoms with Crippen molar-refractivity contribution in [3.63, 3.8) is 0 Å². The molecule has 0 N–H and O–H groups in total. The summed E-state index contributed by atoms with van der Waals surface area (Å²) in [5.74, 6) is -0.327. The molecule has 3 heteroatoms. The quantitative estimate of drug-likeness (QED) is 0.594. The number of aryl methyl sites for hydroxylation is 1. The average molecular weight is 172 g/mol. The lowest BCUT2D eigenvalue weighted by molar-refractivity contribution is 0.108. The Balaban J connectivity index is 3.15. The van der Waals surface area contributed by atoms with E-state index in [0.717, 1.165) is 0 Å². The maximum Gasteiger partial charge on any atom is 0.252 e. The summed E-state index contributed by atoms with van der Waals surface area (Å²) >= 11 is 5.17. The lowest BCUT2D eigenvalue weighted by atomic mass is 10.1. The Labute approximate surface area is 68.8 Å². The molecule has 1 aromatic rings. The van der Waals surface area contributed by atoms with Crippen molar-refractivity contribution < 1.29 is 9.18 Å². The summed E-state index contributed by atoms with van der Waals surface area (Å²) in [5, 5.41) is -0.562. The molecule has 0 fully saturated rings. The van der Waals surface area contributed by atoms with E-state index < -0.39 is 5.24 Å². The van der Waals surface area contributed by atoms with Gasteiger partial charge in [-0.1, -0.05) is 0 Å². The number of hydrogen-bond acceptors (Lipinski definition) is 1. The van der Waals surface area contributed by atoms with Crippen molar-refractivity contribution in [2.75, 3.05) is 0 Å². The van der Waals surface area contributed by atoms with Gasteiger partial charge in [0, 0.05) is 5.56 Å². The van der Waals surface area contributed by atoms with Gasteiger partial charge in [0.05, 0.1) is 0 Å². The molecule has 0 saturated carbocycles. The van der Waals surface area contributed by atoms with Gasteiger partial charge in [-0.25, -0.2) is 4.39 Å². The van der Waals surface area contributed by atoms with Gasteiger partial charge in [0.2, 0.25) is 0 Å². The third kappa shape index (κ3) is 1.77. The van der Waals surface area contributed by atoms with Crippen molar-refractivity contribution in [2.24, 2.45) is 0 Å². The molecular formula is C8H6ClFO. The second-order valence-electron chi connectivity index (χ2n) is 2.24. The van der Waals surface area contributed by atoms with Gasteiger partial charge in [0.25, 0.3) is 5.24 Å². The molecule has 0 bridgehead atoms. The molecule has 0 spiro atoms. The second kappa shape index (κ2) is 3.01. The Morgan fingerprint density at radius 1 is 1.55 bits per heavy atom. The Bertz CT molecular complexity index is 296. The number of hydrogen-bond donors (Lipinski definition) is 0. The highest BCUT2D eigenvalue weighted by Crippen LogP contribution is 2.10. The average Bonchev–Trinajstić information content (AvgIpc) is 1.94. The Morgan fingerprint density at radius 2 is 2.18 bits per heavy atom. The van der Waals surface area contributed by atoms with E-state index in [1.54, 1.807) is 6.92 Å². The van der Waals surface area contributed by atoms with Crippen LogP contribution in [0.25, 0.3) is 0 Å². The smallest absolute Gasteiger partial charge is 0.252 e. The van der Waals surface area contributed by atoms with Crippen molar-refractivity contribution in [1.82, 2.24) is 0 Å². The van der Waals surface area contributed by atoms with Crippen molar-refractivity contribution in [1.29, 1.82) is 0 Å². The van der Waals surface area contributed by atoms with Crippen molar-refractivity contribution in [2.45, 2.75) is 6.92 Å². The molecule has 0 aliphatic heterocycles. The molecule has 0 atom stereocenters. The maximum atomic E-state index is 12.6. The van der Waals surface area contributed by atoms with Gasteiger partial charge in [-0.3, -0.25) is 4.79 Å². The first-order valence-corrected chi connectivity index (χ1v) is 3.45. The molecule has 0 aliphatic rings. The van der Waals surface area contributed by atoms with E-state index in [2.05, 4.69) is 0 Å². The van der Waals surface area contributed by atoms with Gasteiger partial charge >= 0.3 is 0 Å². The SMILES string of the molecule is Cc1cc(C(=O)Cl)ccc1[18F]. The van der Waals surface area contributed by atoms with E-state index >= 15 is 0 Å². The Kier molecular flexibility index (Phi) is 2.25. The minimum atomic E-state index is -0.562. The van der Waals surface area contributed by atoms with Crippen LogP contribution in [0, 0.1) is 12.7 Å². The molecule has 0 radical (unpaired) electrons. The first-order valence-electron chi connectivity index (χ1n) is 3.07. The molecule has 0 unspecified atom stereocenters. The summed E-state index contributed by atoms with van der Waals surface area (Å²) in [7, 11) is 0. The standard InChI is InChI=1S/C8H6ClFO/c1-5-4-6(8(9)11)2-3-7(5)10/h2-4H,1H3/i10-1. The van der Waals surface area contributed by atoms with E-state index in [9.17, 15) is 9.18 Å². The minimum absolute atomic E-state index is 0.325. The highest BCUT2D eigenvalue weighted by molar-refractivity contribution is 6.67. The first-order chi connectivity index (χ1) is 5.11. The molecule has 1 aromatic carbocycles. The topological polar surface area (TPSA) is 17.1 Å². The fourth-order valence-corrected chi connectivity index (χ4v) is 0.885. The molecule has 11 heavy (non-hydrogen) atoms.